The molecule has 3 rings (SSSR count). The lowest BCUT2D eigenvalue weighted by molar-refractivity contribution is 0.102. The number of nitrogens with one attached hydrogen (secondary N) is 1. The van der Waals surface area contributed by atoms with Crippen molar-refractivity contribution in [2.45, 2.75) is 6.54 Å². The van der Waals surface area contributed by atoms with Crippen LogP contribution in [0.5, 0.6) is 0 Å². The van der Waals surface area contributed by atoms with E-state index in [1.165, 1.54) is 23.1 Å². The summed E-state index contributed by atoms with van der Waals surface area (Å²) in [6.45, 7) is 0.437. The van der Waals surface area contributed by atoms with Crippen molar-refractivity contribution in [2.75, 3.05) is 5.32 Å². The van der Waals surface area contributed by atoms with Gasteiger partial charge in [0.05, 0.1) is 6.54 Å². The summed E-state index contributed by atoms with van der Waals surface area (Å²) in [6, 6.07) is 7.71. The molecule has 1 aromatic carbocycles. The Bertz CT molecular complexity index is 792. The number of anilines is 1. The predicted molar refractivity (Wildman–Crippen MR) is 76.7 cm³/mol. The smallest absolute Gasteiger partial charge is 0.278 e. The lowest BCUT2D eigenvalue weighted by Crippen LogP contribution is -2.14. The minimum absolute atomic E-state index is 0.192. The molecule has 0 spiro atoms. The van der Waals surface area contributed by atoms with Crippen LogP contribution in [0.1, 0.15) is 16.1 Å². The van der Waals surface area contributed by atoms with Gasteiger partial charge in [-0.25, -0.2) is 14.1 Å². The molecule has 22 heavy (non-hydrogen) atoms. The molecule has 2 aromatic heterocycles. The second-order valence-electron chi connectivity index (χ2n) is 4.72. The van der Waals surface area contributed by atoms with E-state index < -0.39 is 0 Å². The monoisotopic (exact) mass is 300 g/mol. The van der Waals surface area contributed by atoms with Crippen LogP contribution in [-0.2, 0) is 13.6 Å². The number of carbonyl (C=O) groups excluding carboxylic acids is 1. The number of aromatic nitrogens is 5. The quantitative estimate of drug-likeness (QED) is 0.791. The van der Waals surface area contributed by atoms with E-state index in [0.29, 0.717) is 6.54 Å². The number of hydrogen-bond acceptors (Lipinski definition) is 4. The second kappa shape index (κ2) is 5.76. The third kappa shape index (κ3) is 3.17. The average molecular weight is 300 g/mol. The van der Waals surface area contributed by atoms with Crippen molar-refractivity contribution in [2.24, 2.45) is 7.05 Å². The molecule has 1 N–H and O–H groups in total. The highest BCUT2D eigenvalue weighted by Crippen LogP contribution is 2.06. The Labute approximate surface area is 125 Å². The molecule has 0 radical (unpaired) electrons. The zero-order valence-electron chi connectivity index (χ0n) is 11.8. The van der Waals surface area contributed by atoms with E-state index >= 15 is 0 Å². The number of benzene rings is 1. The van der Waals surface area contributed by atoms with Crippen LogP contribution in [0, 0.1) is 5.82 Å². The molecule has 0 aliphatic carbocycles. The van der Waals surface area contributed by atoms with Gasteiger partial charge in [0.25, 0.3) is 5.91 Å². The minimum Gasteiger partial charge on any atom is -0.288 e. The summed E-state index contributed by atoms with van der Waals surface area (Å²) in [5.74, 6) is -0.469. The first-order chi connectivity index (χ1) is 10.6. The number of hydrogen-bond donors (Lipinski definition) is 1. The molecule has 1 amide bonds. The van der Waals surface area contributed by atoms with Gasteiger partial charge >= 0.3 is 0 Å². The molecule has 8 heteroatoms. The van der Waals surface area contributed by atoms with E-state index in [4.69, 9.17) is 0 Å². The Morgan fingerprint density at radius 1 is 1.23 bits per heavy atom. The van der Waals surface area contributed by atoms with Gasteiger partial charge in [-0.1, -0.05) is 12.1 Å². The number of halogens is 1. The van der Waals surface area contributed by atoms with Crippen LogP contribution in [0.15, 0.2) is 42.9 Å². The van der Waals surface area contributed by atoms with Crippen molar-refractivity contribution in [3.63, 3.8) is 0 Å². The molecule has 0 unspecified atom stereocenters. The zero-order valence-corrected chi connectivity index (χ0v) is 11.8. The fourth-order valence-corrected chi connectivity index (χ4v) is 1.91. The molecule has 0 aliphatic heterocycles. The Morgan fingerprint density at radius 2 is 2.00 bits per heavy atom. The molecule has 0 fully saturated rings. The van der Waals surface area contributed by atoms with Crippen LogP contribution in [-0.4, -0.2) is 30.5 Å². The second-order valence-corrected chi connectivity index (χ2v) is 4.72. The van der Waals surface area contributed by atoms with Gasteiger partial charge < -0.3 is 0 Å². The minimum atomic E-state index is -0.375. The van der Waals surface area contributed by atoms with Gasteiger partial charge in [-0.3, -0.25) is 14.8 Å². The van der Waals surface area contributed by atoms with Gasteiger partial charge in [0.1, 0.15) is 12.1 Å². The van der Waals surface area contributed by atoms with Crippen molar-refractivity contribution >= 4 is 11.9 Å². The molecule has 7 nitrogen and oxygen atoms in total. The molecule has 0 saturated heterocycles. The molecule has 3 aromatic rings. The number of rotatable bonds is 4. The summed E-state index contributed by atoms with van der Waals surface area (Å²) in [5, 5.41) is 10.7. The van der Waals surface area contributed by atoms with Crippen LogP contribution in [0.2, 0.25) is 0 Å². The molecule has 0 aliphatic rings. The maximum atomic E-state index is 12.8. The maximum absolute atomic E-state index is 12.8. The summed E-state index contributed by atoms with van der Waals surface area (Å²) in [7, 11) is 1.73. The van der Waals surface area contributed by atoms with Crippen LogP contribution < -0.4 is 5.32 Å². The number of carbonyl (C=O) groups is 1. The highest BCUT2D eigenvalue weighted by molar-refractivity contribution is 6.01. The topological polar surface area (TPSA) is 77.6 Å². The predicted octanol–water partition coefficient (Wildman–Crippen LogP) is 1.45. The van der Waals surface area contributed by atoms with Gasteiger partial charge in [-0.2, -0.15) is 5.10 Å². The normalized spacial score (nSPS) is 10.6. The summed E-state index contributed by atoms with van der Waals surface area (Å²) in [6.07, 6.45) is 3.17. The molecule has 0 atom stereocenters. The van der Waals surface area contributed by atoms with Crippen LogP contribution in [0.3, 0.4) is 0 Å². The van der Waals surface area contributed by atoms with E-state index in [9.17, 15) is 9.18 Å². The van der Waals surface area contributed by atoms with E-state index in [1.54, 1.807) is 36.1 Å². The fraction of sp³-hybridized carbons (Fsp3) is 0.143. The average Bonchev–Trinajstić information content (AvgIpc) is 3.11. The Morgan fingerprint density at radius 3 is 2.68 bits per heavy atom. The Hall–Kier alpha value is -3.03. The first kappa shape index (κ1) is 13.9. The molecular weight excluding hydrogens is 287 g/mol. The molecule has 112 valence electrons. The van der Waals surface area contributed by atoms with E-state index in [2.05, 4.69) is 20.5 Å². The third-order valence-corrected chi connectivity index (χ3v) is 2.97. The zero-order chi connectivity index (χ0) is 15.5. The molecule has 0 saturated carbocycles. The molecule has 2 heterocycles. The van der Waals surface area contributed by atoms with Gasteiger partial charge in [0.15, 0.2) is 5.69 Å². The SMILES string of the molecule is Cn1ccc(C(=O)Nc2ncn(Cc3ccc(F)cc3)n2)n1. The van der Waals surface area contributed by atoms with Gasteiger partial charge in [0.2, 0.25) is 5.95 Å². The van der Waals surface area contributed by atoms with Crippen LogP contribution in [0.4, 0.5) is 10.3 Å². The van der Waals surface area contributed by atoms with Crippen molar-refractivity contribution < 1.29 is 9.18 Å². The maximum Gasteiger partial charge on any atom is 0.278 e. The van der Waals surface area contributed by atoms with E-state index in [1.807, 2.05) is 0 Å². The highest BCUT2D eigenvalue weighted by atomic mass is 19.1. The van der Waals surface area contributed by atoms with Crippen molar-refractivity contribution in [3.05, 3.63) is 59.9 Å². The standard InChI is InChI=1S/C14H13FN6O/c1-20-7-6-12(18-20)13(22)17-14-16-9-21(19-14)8-10-2-4-11(15)5-3-10/h2-7,9H,8H2,1H3,(H,17,19,22). The summed E-state index contributed by atoms with van der Waals surface area (Å²) in [5.41, 5.74) is 1.17. The largest absolute Gasteiger partial charge is 0.288 e. The van der Waals surface area contributed by atoms with Crippen molar-refractivity contribution in [1.29, 1.82) is 0 Å². The first-order valence-electron chi connectivity index (χ1n) is 6.55. The molecular formula is C14H13FN6O. The van der Waals surface area contributed by atoms with Crippen molar-refractivity contribution in [1.82, 2.24) is 24.5 Å². The third-order valence-electron chi connectivity index (χ3n) is 2.97. The molecule has 0 bridgehead atoms. The van der Waals surface area contributed by atoms with E-state index in [0.717, 1.165) is 5.56 Å². The van der Waals surface area contributed by atoms with Crippen LogP contribution in [0.25, 0.3) is 0 Å². The lowest BCUT2D eigenvalue weighted by atomic mass is 10.2. The van der Waals surface area contributed by atoms with Gasteiger partial charge in [-0.15, -0.1) is 5.10 Å². The fourth-order valence-electron chi connectivity index (χ4n) is 1.91. The Kier molecular flexibility index (Phi) is 3.65. The highest BCUT2D eigenvalue weighted by Gasteiger charge is 2.11. The number of amides is 1. The Balaban J connectivity index is 1.66. The first-order valence-corrected chi connectivity index (χ1v) is 6.55. The van der Waals surface area contributed by atoms with Gasteiger partial charge in [0, 0.05) is 13.2 Å². The summed E-state index contributed by atoms with van der Waals surface area (Å²) in [4.78, 5) is 15.9. The lowest BCUT2D eigenvalue weighted by Gasteiger charge is -2.01. The van der Waals surface area contributed by atoms with Gasteiger partial charge in [-0.05, 0) is 23.8 Å². The number of aryl methyl sites for hydroxylation is 1. The summed E-state index contributed by atoms with van der Waals surface area (Å²) < 4.78 is 15.9. The summed E-state index contributed by atoms with van der Waals surface area (Å²) >= 11 is 0. The van der Waals surface area contributed by atoms with E-state index in [-0.39, 0.29) is 23.4 Å². The van der Waals surface area contributed by atoms with Crippen LogP contribution >= 0.6 is 0 Å². The van der Waals surface area contributed by atoms with Crippen molar-refractivity contribution in [3.8, 4) is 0 Å². The number of nitrogens with zero attached hydrogens (tertiary/aromatic N) is 5.